The monoisotopic (exact) mass is 1080 g/mol. The third-order valence-corrected chi connectivity index (χ3v) is 13.2. The largest absolute Gasteiger partial charge is 0.507 e. The molecule has 0 bridgehead atoms. The Kier molecular flexibility index (Phi) is 12.4. The van der Waals surface area contributed by atoms with Crippen molar-refractivity contribution in [3.63, 3.8) is 0 Å². The second-order valence-corrected chi connectivity index (χ2v) is 21.1. The molecule has 10 aromatic rings. The van der Waals surface area contributed by atoms with Crippen LogP contribution in [0.2, 0.25) is 0 Å². The van der Waals surface area contributed by atoms with E-state index >= 15 is 0 Å². The number of aromatic nitrogens is 4. The van der Waals surface area contributed by atoms with E-state index in [1.807, 2.05) is 30.6 Å². The molecule has 0 aliphatic rings. The van der Waals surface area contributed by atoms with Crippen LogP contribution in [-0.4, -0.2) is 24.6 Å². The van der Waals surface area contributed by atoms with Crippen LogP contribution in [0.15, 0.2) is 176 Å². The number of benzene rings is 6. The summed E-state index contributed by atoms with van der Waals surface area (Å²) in [6.45, 7) is 20.2. The Bertz CT molecular complexity index is 3480. The Morgan fingerprint density at radius 2 is 1.04 bits per heavy atom. The first kappa shape index (κ1) is 47.1. The van der Waals surface area contributed by atoms with Crippen molar-refractivity contribution >= 4 is 21.8 Å². The fourth-order valence-corrected chi connectivity index (χ4v) is 9.15. The summed E-state index contributed by atoms with van der Waals surface area (Å²) in [7, 11) is 0. The van der Waals surface area contributed by atoms with Crippen LogP contribution in [0.1, 0.15) is 79.0 Å². The molecule has 69 heavy (non-hydrogen) atoms. The SMILES string of the molecule is CC(C)(C)c1ccc(-c2ccc(-n3c4ccccc4c4cccc(-c5ccnc(-c6[c-]c(-c7cc(-c8cc(C(C)(C)C)cc(C(C)(C)C)c8)cc(-c8ccccc8O)n7)ccc6)c5)c43)cc2)nc1.[Pt]. The molecule has 346 valence electrons. The Labute approximate surface area is 421 Å². The van der Waals surface area contributed by atoms with E-state index in [1.165, 1.54) is 27.5 Å². The molecule has 0 fully saturated rings. The van der Waals surface area contributed by atoms with Crippen molar-refractivity contribution in [1.29, 1.82) is 0 Å². The summed E-state index contributed by atoms with van der Waals surface area (Å²) in [5.74, 6) is 0.186. The first-order valence-corrected chi connectivity index (χ1v) is 23.6. The van der Waals surface area contributed by atoms with Gasteiger partial charge in [-0.2, -0.15) is 0 Å². The van der Waals surface area contributed by atoms with Crippen molar-refractivity contribution in [3.8, 4) is 78.7 Å². The van der Waals surface area contributed by atoms with E-state index in [1.54, 1.807) is 6.07 Å². The number of phenols is 1. The van der Waals surface area contributed by atoms with Crippen LogP contribution in [0.3, 0.4) is 0 Å². The zero-order valence-electron chi connectivity index (χ0n) is 40.8. The van der Waals surface area contributed by atoms with Gasteiger partial charge in [0.1, 0.15) is 5.75 Å². The topological polar surface area (TPSA) is 63.8 Å². The molecule has 6 aromatic carbocycles. The zero-order chi connectivity index (χ0) is 47.5. The molecule has 5 nitrogen and oxygen atoms in total. The van der Waals surface area contributed by atoms with E-state index in [-0.39, 0.29) is 43.1 Å². The van der Waals surface area contributed by atoms with Gasteiger partial charge < -0.3 is 9.67 Å². The predicted octanol–water partition coefficient (Wildman–Crippen LogP) is 16.4. The molecule has 4 aromatic heterocycles. The summed E-state index contributed by atoms with van der Waals surface area (Å²) in [5.41, 5.74) is 18.0. The zero-order valence-corrected chi connectivity index (χ0v) is 43.1. The molecule has 0 unspecified atom stereocenters. The first-order valence-electron chi connectivity index (χ1n) is 23.6. The van der Waals surface area contributed by atoms with Crippen molar-refractivity contribution in [2.24, 2.45) is 0 Å². The molecule has 0 atom stereocenters. The molecule has 6 heteroatoms. The molecule has 10 rings (SSSR count). The van der Waals surface area contributed by atoms with Crippen LogP contribution in [0.5, 0.6) is 5.75 Å². The maximum absolute atomic E-state index is 11.1. The van der Waals surface area contributed by atoms with Gasteiger partial charge in [0.05, 0.1) is 22.4 Å². The Morgan fingerprint density at radius 1 is 0.449 bits per heavy atom. The first-order chi connectivity index (χ1) is 32.5. The number of hydrogen-bond acceptors (Lipinski definition) is 4. The number of phenolic OH excluding ortho intramolecular Hbond substituents is 1. The second kappa shape index (κ2) is 18.2. The van der Waals surface area contributed by atoms with Crippen molar-refractivity contribution in [2.45, 2.75) is 78.6 Å². The molecule has 0 aliphatic heterocycles. The van der Waals surface area contributed by atoms with Gasteiger partial charge in [-0.1, -0.05) is 171 Å². The van der Waals surface area contributed by atoms with E-state index in [0.29, 0.717) is 11.3 Å². The Balaban J connectivity index is 0.00000593. The number of para-hydroxylation sites is 3. The minimum absolute atomic E-state index is 0. The van der Waals surface area contributed by atoms with Crippen LogP contribution in [0, 0.1) is 6.07 Å². The van der Waals surface area contributed by atoms with Gasteiger partial charge in [-0.15, -0.1) is 24.3 Å². The van der Waals surface area contributed by atoms with Crippen molar-refractivity contribution in [2.75, 3.05) is 0 Å². The molecule has 1 N–H and O–H groups in total. The maximum atomic E-state index is 11.1. The van der Waals surface area contributed by atoms with E-state index in [9.17, 15) is 5.11 Å². The molecule has 0 radical (unpaired) electrons. The summed E-state index contributed by atoms with van der Waals surface area (Å²) < 4.78 is 2.38. The van der Waals surface area contributed by atoms with Crippen molar-refractivity contribution in [1.82, 2.24) is 19.5 Å². The molecule has 0 spiro atoms. The van der Waals surface area contributed by atoms with E-state index in [0.717, 1.165) is 72.7 Å². The summed E-state index contributed by atoms with van der Waals surface area (Å²) in [6.07, 6.45) is 3.89. The number of hydrogen-bond donors (Lipinski definition) is 1. The quantitative estimate of drug-likeness (QED) is 0.162. The molecular weight excluding hydrogens is 1020 g/mol. The summed E-state index contributed by atoms with van der Waals surface area (Å²) in [4.78, 5) is 15.0. The van der Waals surface area contributed by atoms with Gasteiger partial charge in [0.25, 0.3) is 0 Å². The van der Waals surface area contributed by atoms with Crippen LogP contribution < -0.4 is 0 Å². The van der Waals surface area contributed by atoms with Gasteiger partial charge >= 0.3 is 0 Å². The summed E-state index contributed by atoms with van der Waals surface area (Å²) in [6, 6.07) is 61.1. The van der Waals surface area contributed by atoms with Gasteiger partial charge in [-0.25, -0.2) is 0 Å². The minimum Gasteiger partial charge on any atom is -0.507 e. The van der Waals surface area contributed by atoms with Crippen LogP contribution in [-0.2, 0) is 37.3 Å². The van der Waals surface area contributed by atoms with Gasteiger partial charge in [-0.05, 0) is 98.2 Å². The van der Waals surface area contributed by atoms with Crippen molar-refractivity contribution in [3.05, 3.63) is 199 Å². The Hall–Kier alpha value is -6.94. The molecule has 4 heterocycles. The van der Waals surface area contributed by atoms with E-state index < -0.39 is 0 Å². The smallest absolute Gasteiger partial charge is 0.124 e. The third-order valence-electron chi connectivity index (χ3n) is 13.2. The van der Waals surface area contributed by atoms with Gasteiger partial charge in [-0.3, -0.25) is 15.0 Å². The maximum Gasteiger partial charge on any atom is 0.124 e. The number of pyridine rings is 3. The standard InChI is InChI=1S/C63H57N4O.Pt/c1-61(2,3)46-26-29-54(65-39-46)40-24-27-49(28-25-40)67-58-22-12-10-18-51(58)52-21-15-20-50(60(52)67)41-30-31-64-55(35-41)42-16-14-17-43(32-42)56-36-45(37-57(66-56)53-19-11-13-23-59(53)68)44-33-47(62(4,5)6)38-48(34-44)63(7,8)9;/h10-31,33-39,68H,1-9H3;/q-1;. The van der Waals surface area contributed by atoms with Crippen molar-refractivity contribution < 1.29 is 26.2 Å². The molecule has 0 saturated heterocycles. The predicted molar refractivity (Wildman–Crippen MR) is 283 cm³/mol. The number of fused-ring (bicyclic) bond motifs is 3. The second-order valence-electron chi connectivity index (χ2n) is 21.1. The fourth-order valence-electron chi connectivity index (χ4n) is 9.15. The Morgan fingerprint density at radius 3 is 1.72 bits per heavy atom. The van der Waals surface area contributed by atoms with Gasteiger partial charge in [0.15, 0.2) is 0 Å². The number of rotatable bonds is 7. The van der Waals surface area contributed by atoms with E-state index in [2.05, 4.69) is 212 Å². The molecule has 0 aliphatic carbocycles. The third kappa shape index (κ3) is 9.33. The van der Waals surface area contributed by atoms with Crippen LogP contribution in [0.4, 0.5) is 0 Å². The molecule has 0 saturated carbocycles. The number of nitrogens with zero attached hydrogens (tertiary/aromatic N) is 4. The van der Waals surface area contributed by atoms with Crippen LogP contribution in [0.25, 0.3) is 94.8 Å². The minimum atomic E-state index is -0.0541. The average Bonchev–Trinajstić information content (AvgIpc) is 3.68. The molecule has 0 amide bonds. The fraction of sp³-hybridized carbons (Fsp3) is 0.190. The molecular formula is C63H57N4OPt-. The number of aromatic hydroxyl groups is 1. The summed E-state index contributed by atoms with van der Waals surface area (Å²) in [5, 5.41) is 13.5. The van der Waals surface area contributed by atoms with Crippen LogP contribution >= 0.6 is 0 Å². The van der Waals surface area contributed by atoms with Gasteiger partial charge in [0, 0.05) is 78.0 Å². The summed E-state index contributed by atoms with van der Waals surface area (Å²) >= 11 is 0. The normalized spacial score (nSPS) is 12.1. The van der Waals surface area contributed by atoms with E-state index in [4.69, 9.17) is 15.0 Å². The average molecular weight is 1080 g/mol. The van der Waals surface area contributed by atoms with Gasteiger partial charge in [0.2, 0.25) is 0 Å².